The first-order valence-electron chi connectivity index (χ1n) is 13.0. The molecule has 1 unspecified atom stereocenters. The standard InChI is InChI=1S/C27H31N5O4.C2H6/c1-26(2,3)36-25(34)31-15-27(16-31)17-32(21-10-8-18(9-11-21)19-13-28-29-14-19)24(33)23(27)30-20-6-5-7-22(12-20)35-4;1-2/h5-14,23,30H,15-17H2,1-4H3,(H,28,29);1-2H3. The zero-order valence-electron chi connectivity index (χ0n) is 22.9. The van der Waals surface area contributed by atoms with Crippen molar-refractivity contribution in [2.45, 2.75) is 46.3 Å². The fourth-order valence-electron chi connectivity index (χ4n) is 4.91. The predicted octanol–water partition coefficient (Wildman–Crippen LogP) is 5.18. The minimum absolute atomic E-state index is 0.0299. The van der Waals surface area contributed by atoms with Crippen LogP contribution in [0.5, 0.6) is 5.75 Å². The second-order valence-corrected chi connectivity index (χ2v) is 10.5. The minimum Gasteiger partial charge on any atom is -0.497 e. The summed E-state index contributed by atoms with van der Waals surface area (Å²) in [6, 6.07) is 14.9. The molecular weight excluding hydrogens is 482 g/mol. The lowest BCUT2D eigenvalue weighted by Gasteiger charge is -2.49. The highest BCUT2D eigenvalue weighted by atomic mass is 16.6. The van der Waals surface area contributed by atoms with Crippen LogP contribution in [0.2, 0.25) is 0 Å². The number of aromatic amines is 1. The Balaban J connectivity index is 0.00000164. The van der Waals surface area contributed by atoms with Gasteiger partial charge in [0.25, 0.3) is 0 Å². The third kappa shape index (κ3) is 5.46. The van der Waals surface area contributed by atoms with E-state index in [2.05, 4.69) is 15.5 Å². The molecular formula is C29H37N5O4. The van der Waals surface area contributed by atoms with Gasteiger partial charge in [-0.2, -0.15) is 5.10 Å². The van der Waals surface area contributed by atoms with Crippen LogP contribution in [0.3, 0.4) is 0 Å². The van der Waals surface area contributed by atoms with Crippen molar-refractivity contribution in [3.63, 3.8) is 0 Å². The van der Waals surface area contributed by atoms with Gasteiger partial charge in [-0.1, -0.05) is 32.0 Å². The Morgan fingerprint density at radius 2 is 1.79 bits per heavy atom. The molecule has 2 aromatic carbocycles. The number of nitrogens with one attached hydrogen (secondary N) is 2. The van der Waals surface area contributed by atoms with Crippen molar-refractivity contribution in [3.8, 4) is 16.9 Å². The zero-order valence-corrected chi connectivity index (χ0v) is 22.9. The number of amides is 2. The van der Waals surface area contributed by atoms with E-state index in [0.717, 1.165) is 22.5 Å². The summed E-state index contributed by atoms with van der Waals surface area (Å²) in [5.74, 6) is 0.674. The molecule has 2 amide bonds. The number of H-pyrrole nitrogens is 1. The molecule has 1 aromatic heterocycles. The maximum atomic E-state index is 13.8. The smallest absolute Gasteiger partial charge is 0.410 e. The Morgan fingerprint density at radius 3 is 2.39 bits per heavy atom. The van der Waals surface area contributed by atoms with E-state index in [1.807, 2.05) is 94.2 Å². The molecule has 1 spiro atoms. The summed E-state index contributed by atoms with van der Waals surface area (Å²) in [7, 11) is 1.61. The van der Waals surface area contributed by atoms with Gasteiger partial charge >= 0.3 is 6.09 Å². The van der Waals surface area contributed by atoms with Gasteiger partial charge in [-0.25, -0.2) is 4.79 Å². The van der Waals surface area contributed by atoms with E-state index in [-0.39, 0.29) is 12.0 Å². The van der Waals surface area contributed by atoms with Gasteiger partial charge in [0, 0.05) is 48.8 Å². The first-order valence-corrected chi connectivity index (χ1v) is 13.0. The van der Waals surface area contributed by atoms with Gasteiger partial charge in [-0.15, -0.1) is 0 Å². The molecule has 202 valence electrons. The second kappa shape index (κ2) is 10.8. The Labute approximate surface area is 224 Å². The summed E-state index contributed by atoms with van der Waals surface area (Å²) in [6.45, 7) is 10.9. The first-order chi connectivity index (χ1) is 18.2. The van der Waals surface area contributed by atoms with E-state index in [4.69, 9.17) is 9.47 Å². The normalized spacial score (nSPS) is 17.9. The molecule has 0 bridgehead atoms. The molecule has 9 heteroatoms. The fourth-order valence-corrected chi connectivity index (χ4v) is 4.91. The Bertz CT molecular complexity index is 1240. The summed E-state index contributed by atoms with van der Waals surface area (Å²) in [5.41, 5.74) is 2.58. The highest BCUT2D eigenvalue weighted by Crippen LogP contribution is 2.44. The molecule has 2 aliphatic rings. The molecule has 0 saturated carbocycles. The van der Waals surface area contributed by atoms with E-state index in [0.29, 0.717) is 25.4 Å². The second-order valence-electron chi connectivity index (χ2n) is 10.5. The number of carbonyl (C=O) groups excluding carboxylic acids is 2. The summed E-state index contributed by atoms with van der Waals surface area (Å²) < 4.78 is 10.9. The predicted molar refractivity (Wildman–Crippen MR) is 148 cm³/mol. The lowest BCUT2D eigenvalue weighted by Crippen LogP contribution is -2.65. The number of aromatic nitrogens is 2. The van der Waals surface area contributed by atoms with Crippen LogP contribution in [0.25, 0.3) is 11.1 Å². The molecule has 3 aromatic rings. The maximum absolute atomic E-state index is 13.8. The molecule has 2 aliphatic heterocycles. The molecule has 9 nitrogen and oxygen atoms in total. The largest absolute Gasteiger partial charge is 0.497 e. The average Bonchev–Trinajstić information content (AvgIpc) is 3.51. The van der Waals surface area contributed by atoms with Gasteiger partial charge in [0.15, 0.2) is 0 Å². The Kier molecular flexibility index (Phi) is 7.66. The van der Waals surface area contributed by atoms with E-state index >= 15 is 0 Å². The van der Waals surface area contributed by atoms with Crippen molar-refractivity contribution in [1.82, 2.24) is 15.1 Å². The van der Waals surface area contributed by atoms with Crippen LogP contribution >= 0.6 is 0 Å². The molecule has 5 rings (SSSR count). The first kappa shape index (κ1) is 27.0. The van der Waals surface area contributed by atoms with Crippen LogP contribution in [-0.2, 0) is 9.53 Å². The summed E-state index contributed by atoms with van der Waals surface area (Å²) in [5, 5.41) is 10.3. The zero-order chi connectivity index (χ0) is 27.5. The van der Waals surface area contributed by atoms with Crippen LogP contribution in [0.15, 0.2) is 60.9 Å². The third-order valence-corrected chi connectivity index (χ3v) is 6.65. The van der Waals surface area contributed by atoms with Gasteiger partial charge in [0.1, 0.15) is 17.4 Å². The van der Waals surface area contributed by atoms with E-state index in [1.54, 1.807) is 18.2 Å². The number of benzene rings is 2. The lowest BCUT2D eigenvalue weighted by atomic mass is 9.75. The highest BCUT2D eigenvalue weighted by Gasteiger charge is 2.60. The number of nitrogens with zero attached hydrogens (tertiary/aromatic N) is 3. The molecule has 2 fully saturated rings. The number of hydrogen-bond donors (Lipinski definition) is 2. The SMILES string of the molecule is CC.COc1cccc(NC2C(=O)N(c3ccc(-c4cn[nH]c4)cc3)CC23CN(C(=O)OC(C)(C)C)C3)c1. The van der Waals surface area contributed by atoms with Gasteiger partial charge in [0.2, 0.25) is 5.91 Å². The van der Waals surface area contributed by atoms with Gasteiger partial charge in [-0.3, -0.25) is 9.89 Å². The van der Waals surface area contributed by atoms with Crippen LogP contribution < -0.4 is 15.0 Å². The Morgan fingerprint density at radius 1 is 1.08 bits per heavy atom. The van der Waals surface area contributed by atoms with Gasteiger partial charge in [0.05, 0.1) is 18.7 Å². The molecule has 3 heterocycles. The van der Waals surface area contributed by atoms with E-state index in [1.165, 1.54) is 0 Å². The maximum Gasteiger partial charge on any atom is 0.410 e. The molecule has 1 atom stereocenters. The number of likely N-dealkylation sites (tertiary alicyclic amines) is 1. The van der Waals surface area contributed by atoms with E-state index in [9.17, 15) is 9.59 Å². The molecule has 2 saturated heterocycles. The number of anilines is 2. The number of ether oxygens (including phenoxy) is 2. The third-order valence-electron chi connectivity index (χ3n) is 6.65. The number of rotatable bonds is 5. The quantitative estimate of drug-likeness (QED) is 0.482. The van der Waals surface area contributed by atoms with Gasteiger partial charge < -0.3 is 24.6 Å². The fraction of sp³-hybridized carbons (Fsp3) is 0.414. The number of carbonyl (C=O) groups is 2. The van der Waals surface area contributed by atoms with Crippen molar-refractivity contribution < 1.29 is 19.1 Å². The summed E-state index contributed by atoms with van der Waals surface area (Å²) in [4.78, 5) is 29.9. The summed E-state index contributed by atoms with van der Waals surface area (Å²) >= 11 is 0. The Hall–Kier alpha value is -4.01. The average molecular weight is 520 g/mol. The van der Waals surface area contributed by atoms with Crippen LogP contribution in [-0.4, -0.2) is 65.5 Å². The monoisotopic (exact) mass is 519 g/mol. The van der Waals surface area contributed by atoms with Crippen molar-refractivity contribution >= 4 is 23.4 Å². The number of hydrogen-bond acceptors (Lipinski definition) is 6. The molecule has 0 aliphatic carbocycles. The highest BCUT2D eigenvalue weighted by molar-refractivity contribution is 6.03. The molecule has 0 radical (unpaired) electrons. The van der Waals surface area contributed by atoms with Crippen molar-refractivity contribution in [3.05, 3.63) is 60.9 Å². The number of methoxy groups -OCH3 is 1. The van der Waals surface area contributed by atoms with E-state index < -0.39 is 17.1 Å². The summed E-state index contributed by atoms with van der Waals surface area (Å²) in [6.07, 6.45) is 3.24. The van der Waals surface area contributed by atoms with Gasteiger partial charge in [-0.05, 0) is 50.6 Å². The van der Waals surface area contributed by atoms with Crippen LogP contribution in [0.4, 0.5) is 16.2 Å². The molecule has 38 heavy (non-hydrogen) atoms. The van der Waals surface area contributed by atoms with Crippen LogP contribution in [0.1, 0.15) is 34.6 Å². The molecule has 2 N–H and O–H groups in total. The van der Waals surface area contributed by atoms with Crippen molar-refractivity contribution in [2.75, 3.05) is 37.0 Å². The van der Waals surface area contributed by atoms with Crippen molar-refractivity contribution in [1.29, 1.82) is 0 Å². The van der Waals surface area contributed by atoms with Crippen molar-refractivity contribution in [2.24, 2.45) is 5.41 Å². The minimum atomic E-state index is -0.577. The lowest BCUT2D eigenvalue weighted by molar-refractivity contribution is -0.120. The van der Waals surface area contributed by atoms with Crippen LogP contribution in [0, 0.1) is 5.41 Å². The topological polar surface area (TPSA) is 99.8 Å².